The van der Waals surface area contributed by atoms with Gasteiger partial charge in [-0.15, -0.1) is 0 Å². The molecule has 0 saturated heterocycles. The molecule has 0 spiro atoms. The van der Waals surface area contributed by atoms with E-state index < -0.39 is 12.8 Å². The fourth-order valence-corrected chi connectivity index (χ4v) is 3.23. The van der Waals surface area contributed by atoms with Crippen molar-refractivity contribution < 1.29 is 27.4 Å². The molecular formula is C23H24F3N3O3. The molecule has 0 aliphatic carbocycles. The first-order chi connectivity index (χ1) is 15.1. The number of carbonyl (C=O) groups excluding carboxylic acids is 1. The Kier molecular flexibility index (Phi) is 7.07. The number of anilines is 1. The number of aryl methyl sites for hydroxylation is 3. The summed E-state index contributed by atoms with van der Waals surface area (Å²) in [6, 6.07) is 14.0. The van der Waals surface area contributed by atoms with Gasteiger partial charge in [0.1, 0.15) is 0 Å². The van der Waals surface area contributed by atoms with Crippen LogP contribution in [-0.2, 0) is 11.2 Å². The van der Waals surface area contributed by atoms with E-state index in [1.54, 1.807) is 22.9 Å². The topological polar surface area (TPSA) is 65.4 Å². The summed E-state index contributed by atoms with van der Waals surface area (Å²) in [5.41, 5.74) is 4.12. The van der Waals surface area contributed by atoms with Gasteiger partial charge in [-0.3, -0.25) is 4.79 Å². The van der Waals surface area contributed by atoms with Crippen LogP contribution in [0, 0.1) is 13.8 Å². The lowest BCUT2D eigenvalue weighted by molar-refractivity contribution is -0.153. The summed E-state index contributed by atoms with van der Waals surface area (Å²) in [5, 5.41) is 7.31. The van der Waals surface area contributed by atoms with Crippen molar-refractivity contribution in [3.05, 3.63) is 65.5 Å². The number of carbonyl (C=O) groups is 1. The second-order valence-corrected chi connectivity index (χ2v) is 7.33. The van der Waals surface area contributed by atoms with E-state index in [0.29, 0.717) is 12.1 Å². The van der Waals surface area contributed by atoms with Crippen LogP contribution in [0.5, 0.6) is 11.5 Å². The highest BCUT2D eigenvalue weighted by Crippen LogP contribution is 2.30. The summed E-state index contributed by atoms with van der Waals surface area (Å²) >= 11 is 0. The van der Waals surface area contributed by atoms with Gasteiger partial charge in [-0.2, -0.15) is 18.3 Å². The van der Waals surface area contributed by atoms with Gasteiger partial charge in [0.2, 0.25) is 5.91 Å². The first-order valence-electron chi connectivity index (χ1n) is 9.94. The molecule has 1 aromatic heterocycles. The van der Waals surface area contributed by atoms with Crippen LogP contribution in [0.25, 0.3) is 5.69 Å². The van der Waals surface area contributed by atoms with Crippen molar-refractivity contribution in [2.75, 3.05) is 19.0 Å². The zero-order valence-electron chi connectivity index (χ0n) is 18.0. The maximum Gasteiger partial charge on any atom is 0.422 e. The number of hydrogen-bond acceptors (Lipinski definition) is 4. The lowest BCUT2D eigenvalue weighted by Crippen LogP contribution is -2.19. The molecule has 9 heteroatoms. The largest absolute Gasteiger partial charge is 0.493 e. The van der Waals surface area contributed by atoms with Crippen molar-refractivity contribution in [2.45, 2.75) is 32.9 Å². The van der Waals surface area contributed by atoms with E-state index in [2.05, 4.69) is 10.4 Å². The summed E-state index contributed by atoms with van der Waals surface area (Å²) in [6.45, 7) is 2.47. The van der Waals surface area contributed by atoms with Crippen LogP contribution < -0.4 is 14.8 Å². The Balaban J connectivity index is 1.60. The van der Waals surface area contributed by atoms with Crippen LogP contribution in [-0.4, -0.2) is 35.6 Å². The van der Waals surface area contributed by atoms with Gasteiger partial charge in [-0.1, -0.05) is 12.1 Å². The number of hydrogen-bond donors (Lipinski definition) is 1. The van der Waals surface area contributed by atoms with Crippen LogP contribution in [0.1, 0.15) is 23.4 Å². The molecule has 0 aliphatic heterocycles. The first kappa shape index (κ1) is 23.2. The summed E-state index contributed by atoms with van der Waals surface area (Å²) in [7, 11) is 1.35. The van der Waals surface area contributed by atoms with Crippen molar-refractivity contribution in [3.8, 4) is 17.2 Å². The van der Waals surface area contributed by atoms with Crippen LogP contribution in [0.3, 0.4) is 0 Å². The third-order valence-electron chi connectivity index (χ3n) is 4.64. The number of nitrogens with one attached hydrogen (secondary N) is 1. The second-order valence-electron chi connectivity index (χ2n) is 7.33. The fourth-order valence-electron chi connectivity index (χ4n) is 3.23. The third-order valence-corrected chi connectivity index (χ3v) is 4.64. The Morgan fingerprint density at radius 3 is 2.53 bits per heavy atom. The van der Waals surface area contributed by atoms with Gasteiger partial charge in [0.05, 0.1) is 18.5 Å². The number of methoxy groups -OCH3 is 1. The van der Waals surface area contributed by atoms with E-state index in [1.807, 2.05) is 38.1 Å². The zero-order valence-corrected chi connectivity index (χ0v) is 18.0. The van der Waals surface area contributed by atoms with E-state index in [1.165, 1.54) is 13.2 Å². The predicted molar refractivity (Wildman–Crippen MR) is 115 cm³/mol. The molecule has 0 fully saturated rings. The van der Waals surface area contributed by atoms with Crippen molar-refractivity contribution >= 4 is 11.6 Å². The first-order valence-corrected chi connectivity index (χ1v) is 9.94. The molecule has 32 heavy (non-hydrogen) atoms. The van der Waals surface area contributed by atoms with E-state index in [4.69, 9.17) is 9.47 Å². The summed E-state index contributed by atoms with van der Waals surface area (Å²) in [4.78, 5) is 12.4. The quantitative estimate of drug-likeness (QED) is 0.527. The van der Waals surface area contributed by atoms with Gasteiger partial charge < -0.3 is 14.8 Å². The van der Waals surface area contributed by atoms with Crippen LogP contribution in [0.2, 0.25) is 0 Å². The maximum absolute atomic E-state index is 12.4. The van der Waals surface area contributed by atoms with Crippen LogP contribution in [0.4, 0.5) is 18.9 Å². The smallest absolute Gasteiger partial charge is 0.422 e. The number of halogens is 3. The highest BCUT2D eigenvalue weighted by atomic mass is 19.4. The minimum absolute atomic E-state index is 0.000932. The molecular weight excluding hydrogens is 423 g/mol. The number of ether oxygens (including phenoxy) is 2. The molecule has 3 rings (SSSR count). The normalized spacial score (nSPS) is 11.3. The average molecular weight is 447 g/mol. The Labute approximate surface area is 184 Å². The SMILES string of the molecule is COc1cc(CCC(=O)Nc2cccc(-n3nc(C)cc3C)c2)ccc1OCC(F)(F)F. The van der Waals surface area contributed by atoms with Crippen molar-refractivity contribution in [1.29, 1.82) is 0 Å². The number of nitrogens with zero attached hydrogens (tertiary/aromatic N) is 2. The molecule has 0 bridgehead atoms. The summed E-state index contributed by atoms with van der Waals surface area (Å²) in [6.07, 6.45) is -3.86. The number of aromatic nitrogens is 2. The number of alkyl halides is 3. The van der Waals surface area contributed by atoms with Gasteiger partial charge in [-0.05, 0) is 62.2 Å². The molecule has 0 saturated carbocycles. The van der Waals surface area contributed by atoms with Gasteiger partial charge in [0, 0.05) is 17.8 Å². The lowest BCUT2D eigenvalue weighted by atomic mass is 10.1. The molecule has 1 heterocycles. The van der Waals surface area contributed by atoms with E-state index >= 15 is 0 Å². The Hall–Kier alpha value is -3.49. The number of amides is 1. The van der Waals surface area contributed by atoms with Crippen LogP contribution in [0.15, 0.2) is 48.5 Å². The Morgan fingerprint density at radius 2 is 1.88 bits per heavy atom. The maximum atomic E-state index is 12.4. The highest BCUT2D eigenvalue weighted by Gasteiger charge is 2.29. The van der Waals surface area contributed by atoms with Gasteiger partial charge in [0.15, 0.2) is 18.1 Å². The minimum Gasteiger partial charge on any atom is -0.493 e. The minimum atomic E-state index is -4.44. The molecule has 2 aromatic carbocycles. The van der Waals surface area contributed by atoms with Gasteiger partial charge >= 0.3 is 6.18 Å². The number of rotatable bonds is 8. The predicted octanol–water partition coefficient (Wildman–Crippen LogP) is 5.01. The van der Waals surface area contributed by atoms with Crippen LogP contribution >= 0.6 is 0 Å². The monoisotopic (exact) mass is 447 g/mol. The fraction of sp³-hybridized carbons (Fsp3) is 0.304. The number of benzene rings is 2. The lowest BCUT2D eigenvalue weighted by Gasteiger charge is -2.13. The van der Waals surface area contributed by atoms with E-state index in [-0.39, 0.29) is 23.8 Å². The molecule has 170 valence electrons. The second kappa shape index (κ2) is 9.76. The molecule has 3 aromatic rings. The van der Waals surface area contributed by atoms with Gasteiger partial charge in [-0.25, -0.2) is 4.68 Å². The molecule has 0 atom stereocenters. The van der Waals surface area contributed by atoms with Crippen molar-refractivity contribution in [2.24, 2.45) is 0 Å². The summed E-state index contributed by atoms with van der Waals surface area (Å²) in [5.74, 6) is -0.00405. The molecule has 1 N–H and O–H groups in total. The van der Waals surface area contributed by atoms with Crippen molar-refractivity contribution in [3.63, 3.8) is 0 Å². The zero-order chi connectivity index (χ0) is 23.3. The molecule has 1 amide bonds. The molecule has 6 nitrogen and oxygen atoms in total. The molecule has 0 aliphatic rings. The molecule has 0 unspecified atom stereocenters. The van der Waals surface area contributed by atoms with E-state index in [9.17, 15) is 18.0 Å². The third kappa shape index (κ3) is 6.26. The van der Waals surface area contributed by atoms with Crippen molar-refractivity contribution in [1.82, 2.24) is 9.78 Å². The standard InChI is InChI=1S/C23H24F3N3O3/c1-15-11-16(2)29(28-15)19-6-4-5-18(13-19)27-22(30)10-8-17-7-9-20(21(12-17)31-3)32-14-23(24,25)26/h4-7,9,11-13H,8,10,14H2,1-3H3,(H,27,30). The Bertz CT molecular complexity index is 1090. The average Bonchev–Trinajstić information content (AvgIpc) is 3.08. The van der Waals surface area contributed by atoms with E-state index in [0.717, 1.165) is 22.6 Å². The van der Waals surface area contributed by atoms with Gasteiger partial charge in [0.25, 0.3) is 0 Å². The Morgan fingerprint density at radius 1 is 1.09 bits per heavy atom. The molecule has 0 radical (unpaired) electrons. The highest BCUT2D eigenvalue weighted by molar-refractivity contribution is 5.91. The summed E-state index contributed by atoms with van der Waals surface area (Å²) < 4.78 is 48.8.